The largest absolute Gasteiger partial charge is 0.497 e. The highest BCUT2D eigenvalue weighted by Gasteiger charge is 2.22. The number of urea groups is 1. The Balaban J connectivity index is 2.17. The smallest absolute Gasteiger partial charge is 0.321 e. The molecule has 2 rings (SSSR count). The Kier molecular flexibility index (Phi) is 8.50. The van der Waals surface area contributed by atoms with Gasteiger partial charge in [-0.1, -0.05) is 25.1 Å². The third-order valence-corrected chi connectivity index (χ3v) is 5.19. The van der Waals surface area contributed by atoms with Gasteiger partial charge in [-0.25, -0.2) is 4.79 Å². The number of nitrogens with zero attached hydrogens (tertiary/aromatic N) is 3. The molecule has 0 aliphatic heterocycles. The van der Waals surface area contributed by atoms with Gasteiger partial charge in [0.1, 0.15) is 5.75 Å². The van der Waals surface area contributed by atoms with E-state index in [4.69, 9.17) is 4.74 Å². The molecular weight excluding hydrogens is 390 g/mol. The summed E-state index contributed by atoms with van der Waals surface area (Å²) in [5.74, 6) is 1.14. The number of ether oxygens (including phenoxy) is 1. The van der Waals surface area contributed by atoms with Crippen LogP contribution in [0.3, 0.4) is 0 Å². The predicted octanol–water partition coefficient (Wildman–Crippen LogP) is 3.47. The molecule has 1 aromatic carbocycles. The van der Waals surface area contributed by atoms with Gasteiger partial charge in [-0.3, -0.25) is 10.1 Å². The van der Waals surface area contributed by atoms with Crippen molar-refractivity contribution >= 4 is 23.7 Å². The molecule has 3 amide bonds. The number of amides is 3. The molecule has 1 atom stereocenters. The molecule has 0 radical (unpaired) electrons. The van der Waals surface area contributed by atoms with E-state index in [-0.39, 0.29) is 11.9 Å². The van der Waals surface area contributed by atoms with E-state index in [1.165, 1.54) is 11.8 Å². The van der Waals surface area contributed by atoms with Crippen LogP contribution >= 0.6 is 11.8 Å². The van der Waals surface area contributed by atoms with Crippen LogP contribution in [0.15, 0.2) is 29.4 Å². The average Bonchev–Trinajstić information content (AvgIpc) is 3.07. The molecule has 0 bridgehead atoms. The van der Waals surface area contributed by atoms with E-state index in [0.717, 1.165) is 36.5 Å². The second kappa shape index (κ2) is 10.8. The zero-order valence-electron chi connectivity index (χ0n) is 17.6. The summed E-state index contributed by atoms with van der Waals surface area (Å²) in [6.45, 7) is 8.27. The number of imide groups is 1. The number of carbonyl (C=O) groups excluding carboxylic acids is 2. The summed E-state index contributed by atoms with van der Waals surface area (Å²) in [5, 5.41) is 13.8. The van der Waals surface area contributed by atoms with Crippen LogP contribution in [-0.2, 0) is 11.3 Å². The van der Waals surface area contributed by atoms with Crippen molar-refractivity contribution in [2.24, 2.45) is 0 Å². The average molecular weight is 420 g/mol. The van der Waals surface area contributed by atoms with Crippen LogP contribution in [0.1, 0.15) is 40.5 Å². The lowest BCUT2D eigenvalue weighted by Gasteiger charge is -2.14. The van der Waals surface area contributed by atoms with Crippen molar-refractivity contribution in [3.8, 4) is 17.1 Å². The van der Waals surface area contributed by atoms with E-state index in [1.54, 1.807) is 14.0 Å². The van der Waals surface area contributed by atoms with Crippen molar-refractivity contribution in [3.63, 3.8) is 0 Å². The van der Waals surface area contributed by atoms with E-state index >= 15 is 0 Å². The summed E-state index contributed by atoms with van der Waals surface area (Å²) in [7, 11) is 1.63. The molecule has 8 nitrogen and oxygen atoms in total. The van der Waals surface area contributed by atoms with Gasteiger partial charge in [0.05, 0.1) is 12.4 Å². The number of thioether (sulfide) groups is 1. The Bertz CT molecular complexity index is 820. The minimum atomic E-state index is -0.499. The fourth-order valence-corrected chi connectivity index (χ4v) is 3.45. The Morgan fingerprint density at radius 1 is 1.17 bits per heavy atom. The molecule has 0 aliphatic rings. The molecule has 0 saturated carbocycles. The first-order valence-electron chi connectivity index (χ1n) is 9.71. The second-order valence-electron chi connectivity index (χ2n) is 6.92. The molecule has 158 valence electrons. The van der Waals surface area contributed by atoms with Crippen LogP contribution in [0.2, 0.25) is 0 Å². The van der Waals surface area contributed by atoms with Crippen LogP contribution < -0.4 is 15.4 Å². The summed E-state index contributed by atoms with van der Waals surface area (Å²) in [4.78, 5) is 24.1. The third-order valence-electron chi connectivity index (χ3n) is 4.11. The van der Waals surface area contributed by atoms with Crippen molar-refractivity contribution in [1.29, 1.82) is 0 Å². The van der Waals surface area contributed by atoms with Crippen LogP contribution in [0.4, 0.5) is 4.79 Å². The molecule has 0 saturated heterocycles. The van der Waals surface area contributed by atoms with E-state index in [1.807, 2.05) is 42.7 Å². The highest BCUT2D eigenvalue weighted by Crippen LogP contribution is 2.28. The first-order valence-corrected chi connectivity index (χ1v) is 10.6. The number of carbonyl (C=O) groups is 2. The summed E-state index contributed by atoms with van der Waals surface area (Å²) in [5.41, 5.74) is 0.926. The van der Waals surface area contributed by atoms with E-state index < -0.39 is 11.3 Å². The number of aromatic nitrogens is 3. The molecule has 0 spiro atoms. The molecule has 0 aliphatic carbocycles. The van der Waals surface area contributed by atoms with Gasteiger partial charge in [0, 0.05) is 18.2 Å². The van der Waals surface area contributed by atoms with Crippen LogP contribution in [0.5, 0.6) is 5.75 Å². The summed E-state index contributed by atoms with van der Waals surface area (Å²) in [6, 6.07) is 7.09. The predicted molar refractivity (Wildman–Crippen MR) is 114 cm³/mol. The molecule has 2 aromatic rings. The van der Waals surface area contributed by atoms with Gasteiger partial charge in [0.2, 0.25) is 5.91 Å². The summed E-state index contributed by atoms with van der Waals surface area (Å²) < 4.78 is 7.24. The van der Waals surface area contributed by atoms with E-state index in [2.05, 4.69) is 27.8 Å². The Morgan fingerprint density at radius 2 is 1.86 bits per heavy atom. The van der Waals surface area contributed by atoms with Gasteiger partial charge in [-0.05, 0) is 51.5 Å². The zero-order chi connectivity index (χ0) is 21.4. The summed E-state index contributed by atoms with van der Waals surface area (Å²) >= 11 is 1.29. The Hall–Kier alpha value is -2.55. The highest BCUT2D eigenvalue weighted by atomic mass is 32.2. The van der Waals surface area contributed by atoms with Crippen LogP contribution in [-0.4, -0.2) is 45.1 Å². The van der Waals surface area contributed by atoms with Gasteiger partial charge < -0.3 is 14.6 Å². The number of benzene rings is 1. The number of hydrogen-bond acceptors (Lipinski definition) is 6. The maximum Gasteiger partial charge on any atom is 0.321 e. The lowest BCUT2D eigenvalue weighted by atomic mass is 10.2. The van der Waals surface area contributed by atoms with Crippen molar-refractivity contribution in [2.75, 3.05) is 7.11 Å². The number of methoxy groups -OCH3 is 1. The third kappa shape index (κ3) is 6.49. The fourth-order valence-electron chi connectivity index (χ4n) is 2.57. The molecule has 9 heteroatoms. The fraction of sp³-hybridized carbons (Fsp3) is 0.500. The first-order chi connectivity index (χ1) is 13.8. The number of hydrogen-bond donors (Lipinski definition) is 2. The molecular formula is C20H29N5O3S. The minimum Gasteiger partial charge on any atom is -0.497 e. The van der Waals surface area contributed by atoms with Gasteiger partial charge in [0.15, 0.2) is 11.0 Å². The summed E-state index contributed by atoms with van der Waals surface area (Å²) in [6.07, 6.45) is 1.99. The van der Waals surface area contributed by atoms with Gasteiger partial charge in [-0.15, -0.1) is 10.2 Å². The first kappa shape index (κ1) is 22.7. The normalized spacial score (nSPS) is 11.9. The van der Waals surface area contributed by atoms with Gasteiger partial charge >= 0.3 is 6.03 Å². The second-order valence-corrected chi connectivity index (χ2v) is 8.23. The SMILES string of the molecule is CCCCn1c(S[C@H](C)C(=O)NC(=O)NC(C)C)nnc1-c1ccc(OC)cc1. The number of nitrogens with one attached hydrogen (secondary N) is 2. The maximum atomic E-state index is 12.3. The van der Waals surface area contributed by atoms with Crippen molar-refractivity contribution in [1.82, 2.24) is 25.4 Å². The monoisotopic (exact) mass is 419 g/mol. The van der Waals surface area contributed by atoms with E-state index in [9.17, 15) is 9.59 Å². The lowest BCUT2D eigenvalue weighted by molar-refractivity contribution is -0.119. The molecule has 1 heterocycles. The topological polar surface area (TPSA) is 98.1 Å². The molecule has 2 N–H and O–H groups in total. The quantitative estimate of drug-likeness (QED) is 0.604. The van der Waals surface area contributed by atoms with E-state index in [0.29, 0.717) is 5.16 Å². The van der Waals surface area contributed by atoms with Crippen LogP contribution in [0, 0.1) is 0 Å². The zero-order valence-corrected chi connectivity index (χ0v) is 18.4. The molecule has 0 unspecified atom stereocenters. The van der Waals surface area contributed by atoms with Crippen molar-refractivity contribution < 1.29 is 14.3 Å². The van der Waals surface area contributed by atoms with Crippen molar-refractivity contribution in [3.05, 3.63) is 24.3 Å². The number of rotatable bonds is 9. The van der Waals surface area contributed by atoms with Gasteiger partial charge in [-0.2, -0.15) is 0 Å². The van der Waals surface area contributed by atoms with Crippen LogP contribution in [0.25, 0.3) is 11.4 Å². The number of unbranched alkanes of at least 4 members (excludes halogenated alkanes) is 1. The standard InChI is InChI=1S/C20H29N5O3S/c1-6-7-12-25-17(15-8-10-16(28-5)11-9-15)23-24-20(25)29-14(4)18(26)22-19(27)21-13(2)3/h8-11,13-14H,6-7,12H2,1-5H3,(H2,21,22,26,27)/t14-/m1/s1. The maximum absolute atomic E-state index is 12.3. The molecule has 1 aromatic heterocycles. The van der Waals surface area contributed by atoms with Gasteiger partial charge in [0.25, 0.3) is 0 Å². The molecule has 29 heavy (non-hydrogen) atoms. The Morgan fingerprint density at radius 3 is 2.45 bits per heavy atom. The minimum absolute atomic E-state index is 0.0463. The molecule has 0 fully saturated rings. The van der Waals surface area contributed by atoms with Crippen molar-refractivity contribution in [2.45, 2.75) is 63.5 Å². The highest BCUT2D eigenvalue weighted by molar-refractivity contribution is 8.00. The Labute approximate surface area is 175 Å². The lowest BCUT2D eigenvalue weighted by Crippen LogP contribution is -2.45.